The lowest BCUT2D eigenvalue weighted by Gasteiger charge is -2.26. The fourth-order valence-corrected chi connectivity index (χ4v) is 2.26. The van der Waals surface area contributed by atoms with E-state index in [4.69, 9.17) is 0 Å². The highest BCUT2D eigenvalue weighted by atomic mass is 16.5. The van der Waals surface area contributed by atoms with Gasteiger partial charge in [-0.3, -0.25) is 4.79 Å². The van der Waals surface area contributed by atoms with E-state index in [9.17, 15) is 4.79 Å². The number of carbonyl (C=O) groups is 1. The third-order valence-electron chi connectivity index (χ3n) is 3.71. The molecular formula is C19H30N4O2. The molecule has 0 aliphatic carbocycles. The van der Waals surface area contributed by atoms with Gasteiger partial charge in [-0.2, -0.15) is 5.10 Å². The van der Waals surface area contributed by atoms with Crippen molar-refractivity contribution in [1.82, 2.24) is 15.1 Å². The summed E-state index contributed by atoms with van der Waals surface area (Å²) in [5, 5.41) is 11.2. The zero-order chi connectivity index (χ0) is 18.9. The lowest BCUT2D eigenvalue weighted by molar-refractivity contribution is -0.127. The Morgan fingerprint density at radius 1 is 1.52 bits per heavy atom. The van der Waals surface area contributed by atoms with E-state index in [-0.39, 0.29) is 12.1 Å². The van der Waals surface area contributed by atoms with E-state index in [0.29, 0.717) is 12.5 Å². The summed E-state index contributed by atoms with van der Waals surface area (Å²) in [5.41, 5.74) is 2.02. The molecule has 1 unspecified atom stereocenters. The zero-order valence-electron chi connectivity index (χ0n) is 15.7. The lowest BCUT2D eigenvalue weighted by atomic mass is 10.0. The van der Waals surface area contributed by atoms with Crippen LogP contribution in [0.25, 0.3) is 0 Å². The number of allylic oxidation sites excluding steroid dienone is 2. The number of rotatable bonds is 7. The number of aromatic nitrogens is 2. The van der Waals surface area contributed by atoms with Crippen molar-refractivity contribution in [2.45, 2.75) is 38.8 Å². The monoisotopic (exact) mass is 346 g/mol. The van der Waals surface area contributed by atoms with E-state index in [1.807, 2.05) is 7.05 Å². The Bertz CT molecular complexity index is 607. The van der Waals surface area contributed by atoms with Crippen LogP contribution in [0.5, 0.6) is 0 Å². The largest absolute Gasteiger partial charge is 0.463 e. The molecule has 6 nitrogen and oxygen atoms in total. The van der Waals surface area contributed by atoms with Gasteiger partial charge in [0.05, 0.1) is 17.3 Å². The van der Waals surface area contributed by atoms with Gasteiger partial charge in [0.1, 0.15) is 12.4 Å². The van der Waals surface area contributed by atoms with Crippen molar-refractivity contribution in [2.75, 3.05) is 25.5 Å². The number of hydrogen-bond acceptors (Lipinski definition) is 5. The third-order valence-corrected chi connectivity index (χ3v) is 3.71. The first-order chi connectivity index (χ1) is 11.9. The van der Waals surface area contributed by atoms with Crippen LogP contribution in [0.15, 0.2) is 43.0 Å². The van der Waals surface area contributed by atoms with Gasteiger partial charge in [-0.1, -0.05) is 31.4 Å². The van der Waals surface area contributed by atoms with Gasteiger partial charge in [0.25, 0.3) is 6.47 Å². The standard InChI is InChI=1S/C11H20N4.C8H10O2/c1-11(2,3)15-10(12-4)7-9(14-15)8-5-6-13-8;1-3-5-8(4-2)6-10-7-9/h7-8,12-13H,5-6H2,1-4H3;3-5,7H,1-2,6H2/b;8-5+. The topological polar surface area (TPSA) is 68.2 Å². The van der Waals surface area contributed by atoms with Crippen LogP contribution in [-0.4, -0.2) is 36.5 Å². The molecule has 1 aromatic rings. The van der Waals surface area contributed by atoms with Crippen molar-refractivity contribution in [1.29, 1.82) is 0 Å². The Labute approximate surface area is 150 Å². The summed E-state index contributed by atoms with van der Waals surface area (Å²) in [6, 6.07) is 2.60. The van der Waals surface area contributed by atoms with Crippen molar-refractivity contribution in [3.8, 4) is 0 Å². The van der Waals surface area contributed by atoms with Crippen LogP contribution in [0.1, 0.15) is 38.9 Å². The van der Waals surface area contributed by atoms with Crippen molar-refractivity contribution < 1.29 is 9.53 Å². The van der Waals surface area contributed by atoms with Crippen LogP contribution in [0, 0.1) is 0 Å². The SMILES string of the molecule is C=C/C=C(\C=C)COC=O.CNc1cc(C2CCN2)nn1C(C)(C)C. The first kappa shape index (κ1) is 20.7. The van der Waals surface area contributed by atoms with Gasteiger partial charge in [0.2, 0.25) is 0 Å². The molecule has 138 valence electrons. The molecule has 1 atom stereocenters. The van der Waals surface area contributed by atoms with Crippen LogP contribution < -0.4 is 10.6 Å². The second kappa shape index (κ2) is 9.84. The highest BCUT2D eigenvalue weighted by Gasteiger charge is 2.25. The van der Waals surface area contributed by atoms with E-state index in [0.717, 1.165) is 23.6 Å². The highest BCUT2D eigenvalue weighted by molar-refractivity contribution is 5.39. The lowest BCUT2D eigenvalue weighted by Crippen LogP contribution is -2.35. The maximum Gasteiger partial charge on any atom is 0.293 e. The molecule has 0 bridgehead atoms. The molecule has 1 aliphatic heterocycles. The molecule has 0 spiro atoms. The Kier molecular flexibility index (Phi) is 8.15. The van der Waals surface area contributed by atoms with Crippen molar-refractivity contribution >= 4 is 12.3 Å². The van der Waals surface area contributed by atoms with Gasteiger partial charge < -0.3 is 15.4 Å². The minimum absolute atomic E-state index is 0.0281. The minimum Gasteiger partial charge on any atom is -0.463 e. The van der Waals surface area contributed by atoms with Crippen molar-refractivity contribution in [2.24, 2.45) is 0 Å². The van der Waals surface area contributed by atoms with Crippen molar-refractivity contribution in [3.05, 3.63) is 48.7 Å². The molecule has 0 radical (unpaired) electrons. The van der Waals surface area contributed by atoms with Crippen LogP contribution in [0.4, 0.5) is 5.82 Å². The summed E-state index contributed by atoms with van der Waals surface area (Å²) in [7, 11) is 1.94. The van der Waals surface area contributed by atoms with Crippen LogP contribution in [0.2, 0.25) is 0 Å². The smallest absolute Gasteiger partial charge is 0.293 e. The minimum atomic E-state index is 0.0281. The van der Waals surface area contributed by atoms with E-state index in [1.165, 1.54) is 6.42 Å². The molecule has 6 heteroatoms. The number of hydrogen-bond donors (Lipinski definition) is 2. The molecule has 25 heavy (non-hydrogen) atoms. The van der Waals surface area contributed by atoms with Gasteiger partial charge >= 0.3 is 0 Å². The predicted molar refractivity (Wildman–Crippen MR) is 103 cm³/mol. The second-order valence-corrected chi connectivity index (χ2v) is 6.67. The Morgan fingerprint density at radius 3 is 2.56 bits per heavy atom. The molecule has 2 N–H and O–H groups in total. The van der Waals surface area contributed by atoms with Crippen LogP contribution in [-0.2, 0) is 15.1 Å². The first-order valence-electron chi connectivity index (χ1n) is 8.38. The summed E-state index contributed by atoms with van der Waals surface area (Å²) in [4.78, 5) is 9.72. The van der Waals surface area contributed by atoms with Gasteiger partial charge in [-0.05, 0) is 39.3 Å². The molecule has 0 aromatic carbocycles. The maximum absolute atomic E-state index is 9.72. The highest BCUT2D eigenvalue weighted by Crippen LogP contribution is 2.27. The van der Waals surface area contributed by atoms with Gasteiger partial charge in [-0.15, -0.1) is 0 Å². The molecule has 2 heterocycles. The number of anilines is 1. The molecule has 0 saturated carbocycles. The summed E-state index contributed by atoms with van der Waals surface area (Å²) in [6.07, 6.45) is 6.16. The summed E-state index contributed by atoms with van der Waals surface area (Å²) in [5.74, 6) is 1.09. The average Bonchev–Trinajstić information content (AvgIpc) is 2.94. The summed E-state index contributed by atoms with van der Waals surface area (Å²) in [6.45, 7) is 15.3. The van der Waals surface area contributed by atoms with Crippen LogP contribution in [0.3, 0.4) is 0 Å². The second-order valence-electron chi connectivity index (χ2n) is 6.67. The molecular weight excluding hydrogens is 316 g/mol. The summed E-state index contributed by atoms with van der Waals surface area (Å²) >= 11 is 0. The molecule has 1 aliphatic rings. The van der Waals surface area contributed by atoms with Crippen molar-refractivity contribution in [3.63, 3.8) is 0 Å². The van der Waals surface area contributed by atoms with E-state index >= 15 is 0 Å². The Hall–Kier alpha value is -2.34. The molecule has 0 amide bonds. The fourth-order valence-electron chi connectivity index (χ4n) is 2.26. The average molecular weight is 346 g/mol. The third kappa shape index (κ3) is 6.23. The number of nitrogens with one attached hydrogen (secondary N) is 2. The normalized spacial score (nSPS) is 16.8. The molecule has 1 saturated heterocycles. The van der Waals surface area contributed by atoms with Gasteiger partial charge in [0, 0.05) is 13.1 Å². The Balaban J connectivity index is 0.000000275. The first-order valence-corrected chi connectivity index (χ1v) is 8.38. The summed E-state index contributed by atoms with van der Waals surface area (Å²) < 4.78 is 6.53. The van der Waals surface area contributed by atoms with Crippen LogP contribution >= 0.6 is 0 Å². The fraction of sp³-hybridized carbons (Fsp3) is 0.474. The number of carbonyl (C=O) groups excluding carboxylic acids is 1. The molecule has 1 aromatic heterocycles. The molecule has 1 fully saturated rings. The van der Waals surface area contributed by atoms with E-state index in [1.54, 1.807) is 18.2 Å². The zero-order valence-corrected chi connectivity index (χ0v) is 15.7. The quantitative estimate of drug-likeness (QED) is 0.586. The molecule has 2 rings (SSSR count). The van der Waals surface area contributed by atoms with E-state index < -0.39 is 0 Å². The Morgan fingerprint density at radius 2 is 2.20 bits per heavy atom. The number of nitrogens with zero attached hydrogens (tertiary/aromatic N) is 2. The van der Waals surface area contributed by atoms with E-state index in [2.05, 4.69) is 65.1 Å². The predicted octanol–water partition coefficient (Wildman–Crippen LogP) is 3.17. The van der Waals surface area contributed by atoms with Gasteiger partial charge in [0.15, 0.2) is 0 Å². The maximum atomic E-state index is 9.72. The van der Waals surface area contributed by atoms with Gasteiger partial charge in [-0.25, -0.2) is 4.68 Å². The number of ether oxygens (including phenoxy) is 1.